The lowest BCUT2D eigenvalue weighted by Crippen LogP contribution is -2.13. The van der Waals surface area contributed by atoms with E-state index >= 15 is 0 Å². The number of ether oxygens (including phenoxy) is 1. The molecule has 1 aliphatic rings. The van der Waals surface area contributed by atoms with Gasteiger partial charge in [-0.05, 0) is 66.6 Å². The summed E-state index contributed by atoms with van der Waals surface area (Å²) in [6.45, 7) is 0.842. The molecule has 3 aromatic rings. The molecule has 132 valence electrons. The van der Waals surface area contributed by atoms with Crippen LogP contribution in [0.1, 0.15) is 5.56 Å². The minimum Gasteiger partial charge on any atom is -0.457 e. The van der Waals surface area contributed by atoms with Crippen molar-refractivity contribution in [3.05, 3.63) is 78.4 Å². The monoisotopic (exact) mass is 366 g/mol. The molecule has 0 aliphatic carbocycles. The van der Waals surface area contributed by atoms with Crippen LogP contribution in [0.2, 0.25) is 0 Å². The molecule has 0 amide bonds. The summed E-state index contributed by atoms with van der Waals surface area (Å²) >= 11 is 0. The highest BCUT2D eigenvalue weighted by molar-refractivity contribution is 7.92. The van der Waals surface area contributed by atoms with Crippen LogP contribution in [0.25, 0.3) is 0 Å². The Morgan fingerprint density at radius 2 is 1.62 bits per heavy atom. The zero-order valence-electron chi connectivity index (χ0n) is 14.0. The molecule has 0 unspecified atom stereocenters. The third-order valence-corrected chi connectivity index (χ3v) is 5.56. The molecule has 5 nitrogen and oxygen atoms in total. The summed E-state index contributed by atoms with van der Waals surface area (Å²) in [7, 11) is -3.63. The van der Waals surface area contributed by atoms with Crippen LogP contribution in [0.5, 0.6) is 11.5 Å². The average Bonchev–Trinajstić information content (AvgIpc) is 3.12. The molecule has 2 N–H and O–H groups in total. The van der Waals surface area contributed by atoms with E-state index in [9.17, 15) is 8.42 Å². The van der Waals surface area contributed by atoms with Gasteiger partial charge in [0.2, 0.25) is 0 Å². The van der Waals surface area contributed by atoms with E-state index in [1.165, 1.54) is 0 Å². The van der Waals surface area contributed by atoms with Gasteiger partial charge < -0.3 is 10.1 Å². The van der Waals surface area contributed by atoms with Crippen molar-refractivity contribution >= 4 is 21.4 Å². The molecule has 0 saturated heterocycles. The Labute approximate surface area is 152 Å². The number of para-hydroxylation sites is 1. The Kier molecular flexibility index (Phi) is 4.26. The highest BCUT2D eigenvalue weighted by atomic mass is 32.2. The summed E-state index contributed by atoms with van der Waals surface area (Å²) in [5.41, 5.74) is 2.52. The molecule has 0 aromatic heterocycles. The Bertz CT molecular complexity index is 1020. The molecule has 0 bridgehead atoms. The Morgan fingerprint density at radius 3 is 2.38 bits per heavy atom. The van der Waals surface area contributed by atoms with E-state index in [-0.39, 0.29) is 4.90 Å². The lowest BCUT2D eigenvalue weighted by Gasteiger charge is -2.10. The normalized spacial score (nSPS) is 12.9. The summed E-state index contributed by atoms with van der Waals surface area (Å²) in [5.74, 6) is 1.37. The van der Waals surface area contributed by atoms with E-state index < -0.39 is 10.0 Å². The van der Waals surface area contributed by atoms with Crippen molar-refractivity contribution < 1.29 is 13.2 Å². The highest BCUT2D eigenvalue weighted by Crippen LogP contribution is 2.27. The van der Waals surface area contributed by atoms with Gasteiger partial charge in [0.15, 0.2) is 0 Å². The van der Waals surface area contributed by atoms with Crippen LogP contribution in [-0.4, -0.2) is 15.0 Å². The van der Waals surface area contributed by atoms with Gasteiger partial charge in [-0.2, -0.15) is 0 Å². The van der Waals surface area contributed by atoms with Crippen LogP contribution in [0.4, 0.5) is 11.4 Å². The van der Waals surface area contributed by atoms with Gasteiger partial charge in [-0.25, -0.2) is 8.42 Å². The first kappa shape index (κ1) is 16.5. The summed E-state index contributed by atoms with van der Waals surface area (Å²) in [6.07, 6.45) is 0.838. The van der Waals surface area contributed by atoms with Crippen LogP contribution in [-0.2, 0) is 16.4 Å². The van der Waals surface area contributed by atoms with E-state index in [0.717, 1.165) is 30.0 Å². The molecule has 4 rings (SSSR count). The molecule has 0 spiro atoms. The fourth-order valence-corrected chi connectivity index (χ4v) is 3.99. The smallest absolute Gasteiger partial charge is 0.261 e. The number of hydrogen-bond acceptors (Lipinski definition) is 4. The van der Waals surface area contributed by atoms with Gasteiger partial charge in [0.05, 0.1) is 4.90 Å². The average molecular weight is 366 g/mol. The molecular formula is C20H18N2O3S. The first-order valence-corrected chi connectivity index (χ1v) is 9.81. The molecule has 0 atom stereocenters. The molecule has 0 saturated carbocycles. The van der Waals surface area contributed by atoms with Gasteiger partial charge in [-0.3, -0.25) is 4.72 Å². The predicted molar refractivity (Wildman–Crippen MR) is 102 cm³/mol. The molecular weight excluding hydrogens is 348 g/mol. The number of sulfonamides is 1. The minimum absolute atomic E-state index is 0.268. The lowest BCUT2D eigenvalue weighted by molar-refractivity contribution is 0.483. The third kappa shape index (κ3) is 3.50. The first-order valence-electron chi connectivity index (χ1n) is 8.33. The summed E-state index contributed by atoms with van der Waals surface area (Å²) in [5, 5.41) is 3.23. The van der Waals surface area contributed by atoms with Crippen molar-refractivity contribution in [3.63, 3.8) is 0 Å². The maximum atomic E-state index is 12.6. The van der Waals surface area contributed by atoms with Gasteiger partial charge >= 0.3 is 0 Å². The van der Waals surface area contributed by atoms with Crippen LogP contribution < -0.4 is 14.8 Å². The first-order chi connectivity index (χ1) is 12.6. The number of fused-ring (bicyclic) bond motifs is 1. The SMILES string of the molecule is O=S(=O)(Nc1ccc(Oc2ccccc2)cc1)c1ccc2c(c1)CCN2. The van der Waals surface area contributed by atoms with E-state index in [1.807, 2.05) is 36.4 Å². The van der Waals surface area contributed by atoms with Crippen molar-refractivity contribution in [3.8, 4) is 11.5 Å². The third-order valence-electron chi connectivity index (χ3n) is 4.18. The zero-order chi connectivity index (χ0) is 18.0. The van der Waals surface area contributed by atoms with E-state index in [2.05, 4.69) is 10.0 Å². The topological polar surface area (TPSA) is 67.4 Å². The van der Waals surface area contributed by atoms with E-state index in [1.54, 1.807) is 36.4 Å². The number of nitrogens with one attached hydrogen (secondary N) is 2. The Balaban J connectivity index is 1.49. The molecule has 0 radical (unpaired) electrons. The van der Waals surface area contributed by atoms with Crippen LogP contribution in [0, 0.1) is 0 Å². The van der Waals surface area contributed by atoms with Crippen LogP contribution in [0.15, 0.2) is 77.7 Å². The molecule has 3 aromatic carbocycles. The number of hydrogen-bond donors (Lipinski definition) is 2. The van der Waals surface area contributed by atoms with Gasteiger partial charge in [-0.15, -0.1) is 0 Å². The van der Waals surface area contributed by atoms with Crippen molar-refractivity contribution in [2.24, 2.45) is 0 Å². The largest absolute Gasteiger partial charge is 0.457 e. The summed E-state index contributed by atoms with van der Waals surface area (Å²) < 4.78 is 33.6. The van der Waals surface area contributed by atoms with Crippen molar-refractivity contribution in [1.29, 1.82) is 0 Å². The Morgan fingerprint density at radius 1 is 0.885 bits per heavy atom. The van der Waals surface area contributed by atoms with Gasteiger partial charge in [0.25, 0.3) is 10.0 Å². The maximum absolute atomic E-state index is 12.6. The molecule has 6 heteroatoms. The standard InChI is InChI=1S/C20H18N2O3S/c23-26(24,19-10-11-20-15(14-19)12-13-21-20)22-16-6-8-18(9-7-16)25-17-4-2-1-3-5-17/h1-11,14,21-22H,12-13H2. The zero-order valence-corrected chi connectivity index (χ0v) is 14.8. The molecule has 0 fully saturated rings. The van der Waals surface area contributed by atoms with Crippen molar-refractivity contribution in [2.45, 2.75) is 11.3 Å². The number of anilines is 2. The second-order valence-corrected chi connectivity index (χ2v) is 7.72. The van der Waals surface area contributed by atoms with Crippen LogP contribution >= 0.6 is 0 Å². The van der Waals surface area contributed by atoms with E-state index in [0.29, 0.717) is 11.4 Å². The fraction of sp³-hybridized carbons (Fsp3) is 0.100. The predicted octanol–water partition coefficient (Wildman–Crippen LogP) is 4.25. The summed E-state index contributed by atoms with van der Waals surface area (Å²) in [6, 6.07) is 21.4. The molecule has 1 heterocycles. The second kappa shape index (κ2) is 6.72. The molecule has 1 aliphatic heterocycles. The maximum Gasteiger partial charge on any atom is 0.261 e. The minimum atomic E-state index is -3.63. The Hall–Kier alpha value is -2.99. The lowest BCUT2D eigenvalue weighted by atomic mass is 10.2. The second-order valence-electron chi connectivity index (χ2n) is 6.04. The van der Waals surface area contributed by atoms with Crippen molar-refractivity contribution in [1.82, 2.24) is 0 Å². The van der Waals surface area contributed by atoms with Gasteiger partial charge in [0, 0.05) is 17.9 Å². The number of benzene rings is 3. The van der Waals surface area contributed by atoms with Crippen LogP contribution in [0.3, 0.4) is 0 Å². The highest BCUT2D eigenvalue weighted by Gasteiger charge is 2.18. The van der Waals surface area contributed by atoms with Gasteiger partial charge in [-0.1, -0.05) is 18.2 Å². The quantitative estimate of drug-likeness (QED) is 0.708. The van der Waals surface area contributed by atoms with Gasteiger partial charge in [0.1, 0.15) is 11.5 Å². The number of rotatable bonds is 5. The summed E-state index contributed by atoms with van der Waals surface area (Å²) in [4.78, 5) is 0.268. The van der Waals surface area contributed by atoms with E-state index in [4.69, 9.17) is 4.74 Å². The van der Waals surface area contributed by atoms with Crippen molar-refractivity contribution in [2.75, 3.05) is 16.6 Å². The fourth-order valence-electron chi connectivity index (χ4n) is 2.88. The molecule has 26 heavy (non-hydrogen) atoms.